The zero-order chi connectivity index (χ0) is 21.8. The van der Waals surface area contributed by atoms with Crippen LogP contribution >= 0.6 is 35.2 Å². The number of thiocarbonyl (C=S) groups is 1. The molecule has 0 amide bonds. The van der Waals surface area contributed by atoms with Gasteiger partial charge in [-0.15, -0.1) is 11.3 Å². The van der Waals surface area contributed by atoms with E-state index in [1.165, 1.54) is 18.4 Å². The van der Waals surface area contributed by atoms with E-state index in [-0.39, 0.29) is 5.97 Å². The number of nitrogens with zero attached hydrogens (tertiary/aromatic N) is 2. The van der Waals surface area contributed by atoms with Crippen LogP contribution in [-0.4, -0.2) is 28.0 Å². The van der Waals surface area contributed by atoms with Gasteiger partial charge in [-0.1, -0.05) is 30.7 Å². The van der Waals surface area contributed by atoms with Crippen molar-refractivity contribution >= 4 is 56.9 Å². The molecule has 3 rings (SSSR count). The van der Waals surface area contributed by atoms with Gasteiger partial charge >= 0.3 is 5.97 Å². The smallest absolute Gasteiger partial charge is 0.340 e. The molecular formula is C21H23ClN4O2S2. The highest BCUT2D eigenvalue weighted by Gasteiger charge is 2.18. The molecule has 2 aromatic heterocycles. The fourth-order valence-corrected chi connectivity index (χ4v) is 4.40. The molecule has 0 atom stereocenters. The van der Waals surface area contributed by atoms with E-state index < -0.39 is 0 Å². The van der Waals surface area contributed by atoms with Gasteiger partial charge in [-0.3, -0.25) is 4.68 Å². The predicted octanol–water partition coefficient (Wildman–Crippen LogP) is 5.42. The number of nitrogens with one attached hydrogen (secondary N) is 2. The van der Waals surface area contributed by atoms with E-state index in [9.17, 15) is 4.79 Å². The molecule has 0 fully saturated rings. The number of esters is 1. The molecule has 0 aliphatic heterocycles. The number of anilines is 2. The van der Waals surface area contributed by atoms with E-state index in [1.807, 2.05) is 55.8 Å². The van der Waals surface area contributed by atoms with E-state index in [2.05, 4.69) is 15.7 Å². The molecule has 0 aliphatic carbocycles. The maximum atomic E-state index is 12.1. The third kappa shape index (κ3) is 5.00. The van der Waals surface area contributed by atoms with Crippen molar-refractivity contribution < 1.29 is 9.53 Å². The average Bonchev–Trinajstić information content (AvgIpc) is 3.25. The highest BCUT2D eigenvalue weighted by Crippen LogP contribution is 2.30. The van der Waals surface area contributed by atoms with Gasteiger partial charge in [0.15, 0.2) is 5.11 Å². The first-order chi connectivity index (χ1) is 14.3. The van der Waals surface area contributed by atoms with E-state index in [1.54, 1.807) is 0 Å². The minimum atomic E-state index is -0.389. The quantitative estimate of drug-likeness (QED) is 0.376. The zero-order valence-corrected chi connectivity index (χ0v) is 19.6. The molecule has 0 radical (unpaired) electrons. The Morgan fingerprint density at radius 3 is 2.60 bits per heavy atom. The molecule has 0 bridgehead atoms. The maximum absolute atomic E-state index is 12.1. The van der Waals surface area contributed by atoms with Crippen LogP contribution in [0.5, 0.6) is 0 Å². The van der Waals surface area contributed by atoms with Crippen molar-refractivity contribution in [1.82, 2.24) is 9.78 Å². The molecule has 0 saturated heterocycles. The van der Waals surface area contributed by atoms with Crippen LogP contribution in [0.1, 0.15) is 39.1 Å². The Labute approximate surface area is 190 Å². The minimum absolute atomic E-state index is 0.389. The minimum Gasteiger partial charge on any atom is -0.465 e. The van der Waals surface area contributed by atoms with Crippen LogP contribution in [0.4, 0.5) is 10.7 Å². The summed E-state index contributed by atoms with van der Waals surface area (Å²) in [6.45, 7) is 6.58. The Bertz CT molecular complexity index is 1070. The van der Waals surface area contributed by atoms with E-state index in [0.717, 1.165) is 33.9 Å². The third-order valence-electron chi connectivity index (χ3n) is 4.63. The van der Waals surface area contributed by atoms with Crippen molar-refractivity contribution in [3.8, 4) is 0 Å². The largest absolute Gasteiger partial charge is 0.465 e. The second kappa shape index (κ2) is 9.59. The van der Waals surface area contributed by atoms with Gasteiger partial charge in [0, 0.05) is 9.90 Å². The summed E-state index contributed by atoms with van der Waals surface area (Å²) in [5, 5.41) is 12.7. The van der Waals surface area contributed by atoms with Crippen molar-refractivity contribution in [3.05, 3.63) is 62.7 Å². The highest BCUT2D eigenvalue weighted by molar-refractivity contribution is 7.80. The number of thiophene rings is 1. The summed E-state index contributed by atoms with van der Waals surface area (Å²) >= 11 is 13.0. The number of carbonyl (C=O) groups excluding carboxylic acids is 1. The molecule has 30 heavy (non-hydrogen) atoms. The number of ether oxygens (including phenoxy) is 1. The van der Waals surface area contributed by atoms with Crippen molar-refractivity contribution in [1.29, 1.82) is 0 Å². The van der Waals surface area contributed by atoms with Crippen LogP contribution in [0.3, 0.4) is 0 Å². The number of carbonyl (C=O) groups is 1. The van der Waals surface area contributed by atoms with Gasteiger partial charge in [0.1, 0.15) is 5.00 Å². The Morgan fingerprint density at radius 2 is 1.97 bits per heavy atom. The average molecular weight is 463 g/mol. The van der Waals surface area contributed by atoms with E-state index in [4.69, 9.17) is 28.6 Å². The van der Waals surface area contributed by atoms with Gasteiger partial charge in [0.05, 0.1) is 36.3 Å². The van der Waals surface area contributed by atoms with Crippen LogP contribution in [0.2, 0.25) is 5.02 Å². The monoisotopic (exact) mass is 462 g/mol. The van der Waals surface area contributed by atoms with Gasteiger partial charge < -0.3 is 15.4 Å². The Morgan fingerprint density at radius 1 is 1.27 bits per heavy atom. The standard InChI is InChI=1S/C21H23ClN4O2S2/c1-5-16-10-17(20(27)28-4)19(30-16)24-21(29)23-18-12(2)25-26(13(18)3)11-14-6-8-15(22)9-7-14/h6-10H,5,11H2,1-4H3,(H2,23,24,29). The second-order valence-electron chi connectivity index (χ2n) is 6.71. The topological polar surface area (TPSA) is 68.2 Å². The molecule has 2 N–H and O–H groups in total. The van der Waals surface area contributed by atoms with E-state index in [0.29, 0.717) is 27.2 Å². The number of methoxy groups -OCH3 is 1. The Hall–Kier alpha value is -2.42. The number of benzene rings is 1. The van der Waals surface area contributed by atoms with Crippen molar-refractivity contribution in [2.45, 2.75) is 33.7 Å². The number of hydrogen-bond donors (Lipinski definition) is 2. The number of hydrogen-bond acceptors (Lipinski definition) is 5. The molecule has 0 saturated carbocycles. The van der Waals surface area contributed by atoms with Crippen LogP contribution in [0.25, 0.3) is 0 Å². The molecule has 1 aromatic carbocycles. The molecule has 2 heterocycles. The summed E-state index contributed by atoms with van der Waals surface area (Å²) in [4.78, 5) is 13.1. The van der Waals surface area contributed by atoms with Gasteiger partial charge in [-0.2, -0.15) is 5.10 Å². The van der Waals surface area contributed by atoms with Gasteiger partial charge in [-0.05, 0) is 56.2 Å². The van der Waals surface area contributed by atoms with E-state index >= 15 is 0 Å². The first-order valence-electron chi connectivity index (χ1n) is 9.39. The van der Waals surface area contributed by atoms with Crippen molar-refractivity contribution in [3.63, 3.8) is 0 Å². The molecule has 0 spiro atoms. The molecule has 9 heteroatoms. The first-order valence-corrected chi connectivity index (χ1v) is 11.0. The van der Waals surface area contributed by atoms with Gasteiger partial charge in [0.2, 0.25) is 0 Å². The molecular weight excluding hydrogens is 440 g/mol. The molecule has 3 aromatic rings. The van der Waals surface area contributed by atoms with Gasteiger partial charge in [-0.25, -0.2) is 4.79 Å². The highest BCUT2D eigenvalue weighted by atomic mass is 35.5. The van der Waals surface area contributed by atoms with Crippen molar-refractivity contribution in [2.75, 3.05) is 17.7 Å². The lowest BCUT2D eigenvalue weighted by molar-refractivity contribution is 0.0602. The summed E-state index contributed by atoms with van der Waals surface area (Å²) < 4.78 is 6.80. The lowest BCUT2D eigenvalue weighted by atomic mass is 10.2. The molecule has 0 aliphatic rings. The molecule has 158 valence electrons. The summed E-state index contributed by atoms with van der Waals surface area (Å²) in [5.74, 6) is -0.389. The summed E-state index contributed by atoms with van der Waals surface area (Å²) in [6, 6.07) is 9.53. The first kappa shape index (κ1) is 22.3. The predicted molar refractivity (Wildman–Crippen MR) is 127 cm³/mol. The summed E-state index contributed by atoms with van der Waals surface area (Å²) in [7, 11) is 1.37. The summed E-state index contributed by atoms with van der Waals surface area (Å²) in [5.41, 5.74) is 4.22. The number of aromatic nitrogens is 2. The molecule has 0 unspecified atom stereocenters. The zero-order valence-electron chi connectivity index (χ0n) is 17.2. The molecule has 6 nitrogen and oxygen atoms in total. The maximum Gasteiger partial charge on any atom is 0.340 e. The Balaban J connectivity index is 1.76. The lowest BCUT2D eigenvalue weighted by Crippen LogP contribution is -2.20. The third-order valence-corrected chi connectivity index (χ3v) is 6.28. The number of aryl methyl sites for hydroxylation is 2. The Kier molecular flexibility index (Phi) is 7.12. The van der Waals surface area contributed by atoms with Crippen molar-refractivity contribution in [2.24, 2.45) is 0 Å². The van der Waals surface area contributed by atoms with Crippen LogP contribution in [-0.2, 0) is 17.7 Å². The van der Waals surface area contributed by atoms with Gasteiger partial charge in [0.25, 0.3) is 0 Å². The lowest BCUT2D eigenvalue weighted by Gasteiger charge is -2.11. The van der Waals surface area contributed by atoms with Crippen LogP contribution in [0.15, 0.2) is 30.3 Å². The number of rotatable bonds is 6. The number of halogens is 1. The normalized spacial score (nSPS) is 10.7. The van der Waals surface area contributed by atoms with Crippen LogP contribution < -0.4 is 10.6 Å². The fourth-order valence-electron chi connectivity index (χ4n) is 3.01. The second-order valence-corrected chi connectivity index (χ2v) is 8.69. The SMILES string of the molecule is CCc1cc(C(=O)OC)c(NC(=S)Nc2c(C)nn(Cc3ccc(Cl)cc3)c2C)s1. The summed E-state index contributed by atoms with van der Waals surface area (Å²) in [6.07, 6.45) is 0.826. The fraction of sp³-hybridized carbons (Fsp3) is 0.286. The van der Waals surface area contributed by atoms with Crippen LogP contribution in [0, 0.1) is 13.8 Å².